The van der Waals surface area contributed by atoms with Crippen molar-refractivity contribution in [3.8, 4) is 11.5 Å². The van der Waals surface area contributed by atoms with Crippen molar-refractivity contribution in [2.24, 2.45) is 0 Å². The molecule has 4 nitrogen and oxygen atoms in total. The number of nitrogens with one attached hydrogen (secondary N) is 2. The van der Waals surface area contributed by atoms with Gasteiger partial charge < -0.3 is 10.1 Å². The first-order chi connectivity index (χ1) is 17.2. The predicted octanol–water partition coefficient (Wildman–Crippen LogP) is 6.51. The van der Waals surface area contributed by atoms with Crippen LogP contribution in [0.1, 0.15) is 51.0 Å². The van der Waals surface area contributed by atoms with Gasteiger partial charge in [0, 0.05) is 18.0 Å². The lowest BCUT2D eigenvalue weighted by Crippen LogP contribution is -2.25. The molecular weight excluding hydrogens is 432 g/mol. The van der Waals surface area contributed by atoms with Crippen LogP contribution in [-0.2, 0) is 12.8 Å². The van der Waals surface area contributed by atoms with E-state index in [1.54, 1.807) is 0 Å². The van der Waals surface area contributed by atoms with Crippen molar-refractivity contribution >= 4 is 5.91 Å². The van der Waals surface area contributed by atoms with Crippen molar-refractivity contribution in [1.29, 1.82) is 0 Å². The van der Waals surface area contributed by atoms with Gasteiger partial charge in [0.05, 0.1) is 6.04 Å². The Morgan fingerprint density at radius 1 is 0.857 bits per heavy atom. The molecule has 1 amide bonds. The van der Waals surface area contributed by atoms with Gasteiger partial charge in [0.15, 0.2) is 0 Å². The zero-order valence-electron chi connectivity index (χ0n) is 19.6. The van der Waals surface area contributed by atoms with Gasteiger partial charge in [-0.15, -0.1) is 0 Å². The first kappa shape index (κ1) is 22.9. The van der Waals surface area contributed by atoms with Gasteiger partial charge in [-0.05, 0) is 77.9 Å². The van der Waals surface area contributed by atoms with E-state index < -0.39 is 0 Å². The number of hydrogen-bond acceptors (Lipinski definition) is 2. The van der Waals surface area contributed by atoms with E-state index in [1.165, 1.54) is 11.1 Å². The number of rotatable bonds is 8. The maximum atomic E-state index is 12.6. The number of amides is 1. The van der Waals surface area contributed by atoms with Crippen LogP contribution in [0, 0.1) is 0 Å². The molecule has 2 unspecified atom stereocenters. The highest BCUT2D eigenvalue weighted by atomic mass is 16.5. The Morgan fingerprint density at radius 3 is 2.31 bits per heavy atom. The third kappa shape index (κ3) is 5.44. The highest BCUT2D eigenvalue weighted by Crippen LogP contribution is 2.41. The first-order valence-corrected chi connectivity index (χ1v) is 12.2. The Balaban J connectivity index is 1.12. The van der Waals surface area contributed by atoms with Crippen LogP contribution >= 0.6 is 0 Å². The molecule has 0 spiro atoms. The van der Waals surface area contributed by atoms with Gasteiger partial charge in [-0.1, -0.05) is 66.7 Å². The van der Waals surface area contributed by atoms with Crippen molar-refractivity contribution < 1.29 is 9.53 Å². The number of benzene rings is 4. The van der Waals surface area contributed by atoms with Gasteiger partial charge in [0.1, 0.15) is 11.5 Å². The standard InChI is InChI=1S/C31H29N2O2/c32-30(29-19-16-23-6-4-5-9-28(23)29)24-12-14-25(15-13-24)31(34)33-21-20-22-10-17-27(18-11-22)35-26-7-2-1-3-8-26/h1-15,17-18,29-30,32H,16,19-21H2,(H,33,34). The molecule has 1 radical (unpaired) electrons. The second-order valence-corrected chi connectivity index (χ2v) is 9.01. The largest absolute Gasteiger partial charge is 0.457 e. The fourth-order valence-corrected chi connectivity index (χ4v) is 4.78. The summed E-state index contributed by atoms with van der Waals surface area (Å²) in [6, 6.07) is 33.3. The molecule has 2 atom stereocenters. The Kier molecular flexibility index (Phi) is 6.92. The van der Waals surface area contributed by atoms with E-state index in [0.29, 0.717) is 12.1 Å². The van der Waals surface area contributed by atoms with Gasteiger partial charge in [0.25, 0.3) is 5.91 Å². The van der Waals surface area contributed by atoms with Crippen molar-refractivity contribution in [3.05, 3.63) is 131 Å². The summed E-state index contributed by atoms with van der Waals surface area (Å²) in [4.78, 5) is 12.6. The molecule has 2 N–H and O–H groups in total. The number of hydrogen-bond donors (Lipinski definition) is 1. The van der Waals surface area contributed by atoms with Crippen LogP contribution in [0.25, 0.3) is 0 Å². The van der Waals surface area contributed by atoms with Crippen LogP contribution in [0.4, 0.5) is 0 Å². The summed E-state index contributed by atoms with van der Waals surface area (Å²) in [6.45, 7) is 0.555. The number of carbonyl (C=O) groups is 1. The quantitative estimate of drug-likeness (QED) is 0.325. The summed E-state index contributed by atoms with van der Waals surface area (Å²) < 4.78 is 5.83. The summed E-state index contributed by atoms with van der Waals surface area (Å²) in [6.07, 6.45) is 2.79. The molecule has 175 valence electrons. The zero-order chi connectivity index (χ0) is 24.0. The SMILES string of the molecule is [NH]C(c1ccc(C(=O)NCCc2ccc(Oc3ccccc3)cc2)cc1)C1CCc2ccccc21. The van der Waals surface area contributed by atoms with Crippen molar-refractivity contribution in [2.45, 2.75) is 31.2 Å². The Morgan fingerprint density at radius 2 is 1.54 bits per heavy atom. The summed E-state index contributed by atoms with van der Waals surface area (Å²) in [7, 11) is 0. The van der Waals surface area contributed by atoms with Crippen LogP contribution in [0.15, 0.2) is 103 Å². The Labute approximate surface area is 206 Å². The topological polar surface area (TPSA) is 62.1 Å². The molecule has 0 fully saturated rings. The summed E-state index contributed by atoms with van der Waals surface area (Å²) in [5.41, 5.74) is 14.2. The lowest BCUT2D eigenvalue weighted by Gasteiger charge is -2.20. The molecule has 1 aliphatic carbocycles. The maximum absolute atomic E-state index is 12.6. The fourth-order valence-electron chi connectivity index (χ4n) is 4.78. The molecule has 4 heteroatoms. The van der Waals surface area contributed by atoms with Crippen LogP contribution < -0.4 is 15.8 Å². The zero-order valence-corrected chi connectivity index (χ0v) is 19.6. The molecule has 4 aromatic rings. The first-order valence-electron chi connectivity index (χ1n) is 12.2. The van der Waals surface area contributed by atoms with Crippen LogP contribution in [0.2, 0.25) is 0 Å². The number of carbonyl (C=O) groups excluding carboxylic acids is 1. The predicted molar refractivity (Wildman–Crippen MR) is 139 cm³/mol. The van der Waals surface area contributed by atoms with Crippen LogP contribution in [0.5, 0.6) is 11.5 Å². The van der Waals surface area contributed by atoms with E-state index in [9.17, 15) is 4.79 Å². The molecular formula is C31H29N2O2. The molecule has 35 heavy (non-hydrogen) atoms. The molecule has 0 bridgehead atoms. The maximum Gasteiger partial charge on any atom is 0.251 e. The minimum absolute atomic E-state index is 0.0895. The molecule has 5 rings (SSSR count). The molecule has 0 saturated heterocycles. The second-order valence-electron chi connectivity index (χ2n) is 9.01. The molecule has 0 saturated carbocycles. The molecule has 1 aliphatic rings. The van der Waals surface area contributed by atoms with Crippen molar-refractivity contribution in [3.63, 3.8) is 0 Å². The lowest BCUT2D eigenvalue weighted by molar-refractivity contribution is 0.0954. The monoisotopic (exact) mass is 461 g/mol. The van der Waals surface area contributed by atoms with E-state index in [2.05, 4.69) is 29.6 Å². The minimum atomic E-state index is -0.315. The van der Waals surface area contributed by atoms with Gasteiger partial charge in [-0.25, -0.2) is 5.73 Å². The van der Waals surface area contributed by atoms with Gasteiger partial charge in [-0.2, -0.15) is 0 Å². The van der Waals surface area contributed by atoms with E-state index in [-0.39, 0.29) is 17.9 Å². The van der Waals surface area contributed by atoms with Crippen LogP contribution in [-0.4, -0.2) is 12.5 Å². The number of para-hydroxylation sites is 1. The van der Waals surface area contributed by atoms with Crippen LogP contribution in [0.3, 0.4) is 0 Å². The molecule has 0 aromatic heterocycles. The average Bonchev–Trinajstić information content (AvgIpc) is 3.34. The summed E-state index contributed by atoms with van der Waals surface area (Å²) >= 11 is 0. The lowest BCUT2D eigenvalue weighted by atomic mass is 9.88. The molecule has 0 aliphatic heterocycles. The van der Waals surface area contributed by atoms with Gasteiger partial charge in [0.2, 0.25) is 0 Å². The number of aryl methyl sites for hydroxylation is 1. The van der Waals surface area contributed by atoms with E-state index >= 15 is 0 Å². The normalized spacial score (nSPS) is 15.3. The molecule has 4 aromatic carbocycles. The average molecular weight is 462 g/mol. The van der Waals surface area contributed by atoms with Crippen molar-refractivity contribution in [1.82, 2.24) is 11.1 Å². The smallest absolute Gasteiger partial charge is 0.251 e. The number of ether oxygens (including phenoxy) is 1. The summed E-state index contributed by atoms with van der Waals surface area (Å²) in [5.74, 6) is 1.73. The van der Waals surface area contributed by atoms with Gasteiger partial charge >= 0.3 is 0 Å². The number of fused-ring (bicyclic) bond motifs is 1. The highest BCUT2D eigenvalue weighted by molar-refractivity contribution is 5.94. The van der Waals surface area contributed by atoms with E-state index in [4.69, 9.17) is 10.5 Å². The minimum Gasteiger partial charge on any atom is -0.457 e. The fraction of sp³-hybridized carbons (Fsp3) is 0.194. The third-order valence-corrected chi connectivity index (χ3v) is 6.72. The second kappa shape index (κ2) is 10.6. The molecule has 0 heterocycles. The highest BCUT2D eigenvalue weighted by Gasteiger charge is 2.28. The Hall–Kier alpha value is -3.89. The van der Waals surface area contributed by atoms with Crippen molar-refractivity contribution in [2.75, 3.05) is 6.54 Å². The van der Waals surface area contributed by atoms with Gasteiger partial charge in [-0.3, -0.25) is 4.79 Å². The third-order valence-electron chi connectivity index (χ3n) is 6.72. The Bertz CT molecular complexity index is 1270. The summed E-state index contributed by atoms with van der Waals surface area (Å²) in [5, 5.41) is 3.00. The van der Waals surface area contributed by atoms with E-state index in [0.717, 1.165) is 41.9 Å². The van der Waals surface area contributed by atoms with E-state index in [1.807, 2.05) is 78.9 Å².